The van der Waals surface area contributed by atoms with Crippen molar-refractivity contribution in [3.05, 3.63) is 23.6 Å². The summed E-state index contributed by atoms with van der Waals surface area (Å²) in [5, 5.41) is 3.18. The predicted octanol–water partition coefficient (Wildman–Crippen LogP) is 2.71. The third-order valence-corrected chi connectivity index (χ3v) is 3.93. The fourth-order valence-electron chi connectivity index (χ4n) is 2.44. The first-order valence-electron chi connectivity index (χ1n) is 7.40. The second-order valence-corrected chi connectivity index (χ2v) is 5.71. The number of aromatic nitrogens is 1. The molecule has 0 unspecified atom stereocenters. The monoisotopic (exact) mass is 263 g/mol. The molecule has 0 spiro atoms. The Hall–Kier alpha value is -1.16. The molecule has 0 atom stereocenters. The molecule has 1 N–H and O–H groups in total. The fraction of sp³-hybridized carbons (Fsp3) is 0.667. The summed E-state index contributed by atoms with van der Waals surface area (Å²) in [5.74, 6) is 1.21. The summed E-state index contributed by atoms with van der Waals surface area (Å²) >= 11 is 0. The highest BCUT2D eigenvalue weighted by atomic mass is 19.1. The summed E-state index contributed by atoms with van der Waals surface area (Å²) in [6, 6.07) is 2.31. The van der Waals surface area contributed by atoms with Crippen molar-refractivity contribution in [2.75, 3.05) is 18.0 Å². The van der Waals surface area contributed by atoms with E-state index in [2.05, 4.69) is 15.2 Å². The molecule has 104 valence electrons. The average molecular weight is 263 g/mol. The van der Waals surface area contributed by atoms with Crippen molar-refractivity contribution in [1.82, 2.24) is 10.3 Å². The van der Waals surface area contributed by atoms with E-state index in [1.807, 2.05) is 6.92 Å². The number of pyridine rings is 1. The fourth-order valence-corrected chi connectivity index (χ4v) is 2.44. The molecular weight excluding hydrogens is 241 g/mol. The smallest absolute Gasteiger partial charge is 0.170 e. The van der Waals surface area contributed by atoms with Crippen LogP contribution in [0.5, 0.6) is 0 Å². The molecule has 0 amide bonds. The standard InChI is InChI=1S/C15H22FN3/c1-2-17-9-12-7-8-18-15(14(12)16)19(13-5-6-13)10-11-3-4-11/h7-8,11,13,17H,2-6,9-10H2,1H3. The van der Waals surface area contributed by atoms with Gasteiger partial charge >= 0.3 is 0 Å². The van der Waals surface area contributed by atoms with Crippen molar-refractivity contribution >= 4 is 5.82 Å². The molecular formula is C15H22FN3. The van der Waals surface area contributed by atoms with E-state index in [-0.39, 0.29) is 5.82 Å². The Morgan fingerprint density at radius 2 is 2.16 bits per heavy atom. The van der Waals surface area contributed by atoms with Gasteiger partial charge in [-0.1, -0.05) is 6.92 Å². The van der Waals surface area contributed by atoms with Crippen LogP contribution in [-0.4, -0.2) is 24.1 Å². The lowest BCUT2D eigenvalue weighted by atomic mass is 10.2. The average Bonchev–Trinajstić information content (AvgIpc) is 3.28. The lowest BCUT2D eigenvalue weighted by Gasteiger charge is -2.24. The third-order valence-electron chi connectivity index (χ3n) is 3.93. The molecule has 3 nitrogen and oxygen atoms in total. The van der Waals surface area contributed by atoms with E-state index < -0.39 is 0 Å². The molecule has 3 rings (SSSR count). The lowest BCUT2D eigenvalue weighted by molar-refractivity contribution is 0.573. The Bertz CT molecular complexity index is 441. The van der Waals surface area contributed by atoms with Gasteiger partial charge in [-0.05, 0) is 44.2 Å². The SMILES string of the molecule is CCNCc1ccnc(N(CC2CC2)C2CC2)c1F. The van der Waals surface area contributed by atoms with Crippen LogP contribution in [0.3, 0.4) is 0 Å². The normalized spacial score (nSPS) is 18.6. The maximum Gasteiger partial charge on any atom is 0.170 e. The Morgan fingerprint density at radius 3 is 2.79 bits per heavy atom. The summed E-state index contributed by atoms with van der Waals surface area (Å²) < 4.78 is 14.6. The molecule has 0 bridgehead atoms. The van der Waals surface area contributed by atoms with Crippen LogP contribution in [0.4, 0.5) is 10.2 Å². The molecule has 2 aliphatic carbocycles. The van der Waals surface area contributed by atoms with Gasteiger partial charge in [-0.25, -0.2) is 9.37 Å². The van der Waals surface area contributed by atoms with Gasteiger partial charge in [0, 0.05) is 30.9 Å². The van der Waals surface area contributed by atoms with E-state index in [0.717, 1.165) is 24.6 Å². The number of hydrogen-bond donors (Lipinski definition) is 1. The number of rotatable bonds is 7. The van der Waals surface area contributed by atoms with E-state index in [9.17, 15) is 4.39 Å². The van der Waals surface area contributed by atoms with E-state index in [1.165, 1.54) is 25.7 Å². The zero-order chi connectivity index (χ0) is 13.2. The number of halogens is 1. The van der Waals surface area contributed by atoms with Crippen molar-refractivity contribution in [3.8, 4) is 0 Å². The van der Waals surface area contributed by atoms with Crippen LogP contribution in [0.1, 0.15) is 38.2 Å². The highest BCUT2D eigenvalue weighted by Crippen LogP contribution is 2.38. The number of nitrogens with one attached hydrogen (secondary N) is 1. The first-order valence-corrected chi connectivity index (χ1v) is 7.40. The molecule has 0 aromatic carbocycles. The number of nitrogens with zero attached hydrogens (tertiary/aromatic N) is 2. The van der Waals surface area contributed by atoms with Crippen molar-refractivity contribution in [2.45, 2.75) is 45.2 Å². The molecule has 1 aromatic rings. The minimum absolute atomic E-state index is 0.129. The van der Waals surface area contributed by atoms with Crippen molar-refractivity contribution in [3.63, 3.8) is 0 Å². The predicted molar refractivity (Wildman–Crippen MR) is 74.7 cm³/mol. The van der Waals surface area contributed by atoms with Gasteiger partial charge in [0.1, 0.15) is 0 Å². The Kier molecular flexibility index (Phi) is 3.69. The summed E-state index contributed by atoms with van der Waals surface area (Å²) in [6.45, 7) is 4.45. The van der Waals surface area contributed by atoms with E-state index in [1.54, 1.807) is 12.3 Å². The minimum atomic E-state index is -0.129. The van der Waals surface area contributed by atoms with Crippen molar-refractivity contribution < 1.29 is 4.39 Å². The molecule has 2 saturated carbocycles. The quantitative estimate of drug-likeness (QED) is 0.820. The molecule has 0 aliphatic heterocycles. The first kappa shape index (κ1) is 12.9. The van der Waals surface area contributed by atoms with Gasteiger partial charge in [0.25, 0.3) is 0 Å². The van der Waals surface area contributed by atoms with E-state index in [0.29, 0.717) is 18.4 Å². The zero-order valence-electron chi connectivity index (χ0n) is 11.5. The van der Waals surface area contributed by atoms with Crippen LogP contribution in [0, 0.1) is 11.7 Å². The first-order chi connectivity index (χ1) is 9.29. The molecule has 0 saturated heterocycles. The van der Waals surface area contributed by atoms with Gasteiger partial charge in [-0.2, -0.15) is 0 Å². The minimum Gasteiger partial charge on any atom is -0.351 e. The van der Waals surface area contributed by atoms with E-state index >= 15 is 0 Å². The molecule has 19 heavy (non-hydrogen) atoms. The van der Waals surface area contributed by atoms with Crippen LogP contribution in [0.15, 0.2) is 12.3 Å². The molecule has 2 fully saturated rings. The van der Waals surface area contributed by atoms with Crippen molar-refractivity contribution in [2.24, 2.45) is 5.92 Å². The Balaban J connectivity index is 1.80. The summed E-state index contributed by atoms with van der Waals surface area (Å²) in [5.41, 5.74) is 0.730. The Morgan fingerprint density at radius 1 is 1.37 bits per heavy atom. The molecule has 2 aliphatic rings. The largest absolute Gasteiger partial charge is 0.351 e. The zero-order valence-corrected chi connectivity index (χ0v) is 11.5. The van der Waals surface area contributed by atoms with Crippen LogP contribution in [0.25, 0.3) is 0 Å². The van der Waals surface area contributed by atoms with Crippen LogP contribution < -0.4 is 10.2 Å². The number of hydrogen-bond acceptors (Lipinski definition) is 3. The summed E-state index contributed by atoms with van der Waals surface area (Å²) in [4.78, 5) is 6.52. The van der Waals surface area contributed by atoms with Gasteiger partial charge in [-0.3, -0.25) is 0 Å². The van der Waals surface area contributed by atoms with Crippen molar-refractivity contribution in [1.29, 1.82) is 0 Å². The second kappa shape index (κ2) is 5.45. The Labute approximate surface area is 114 Å². The summed E-state index contributed by atoms with van der Waals surface area (Å²) in [7, 11) is 0. The van der Waals surface area contributed by atoms with E-state index in [4.69, 9.17) is 0 Å². The van der Waals surface area contributed by atoms with Gasteiger partial charge in [0.15, 0.2) is 11.6 Å². The van der Waals surface area contributed by atoms with Gasteiger partial charge in [0.2, 0.25) is 0 Å². The van der Waals surface area contributed by atoms with Crippen LogP contribution >= 0.6 is 0 Å². The number of anilines is 1. The van der Waals surface area contributed by atoms with Gasteiger partial charge < -0.3 is 10.2 Å². The van der Waals surface area contributed by atoms with Crippen LogP contribution in [-0.2, 0) is 6.54 Å². The molecule has 4 heteroatoms. The second-order valence-electron chi connectivity index (χ2n) is 5.71. The van der Waals surface area contributed by atoms with Crippen LogP contribution in [0.2, 0.25) is 0 Å². The van der Waals surface area contributed by atoms with Gasteiger partial charge in [-0.15, -0.1) is 0 Å². The maximum absolute atomic E-state index is 14.6. The highest BCUT2D eigenvalue weighted by Gasteiger charge is 2.35. The molecule has 0 radical (unpaired) electrons. The molecule has 1 aromatic heterocycles. The third kappa shape index (κ3) is 3.06. The van der Waals surface area contributed by atoms with Gasteiger partial charge in [0.05, 0.1) is 0 Å². The lowest BCUT2D eigenvalue weighted by Crippen LogP contribution is -2.30. The highest BCUT2D eigenvalue weighted by molar-refractivity contribution is 5.45. The molecule has 1 heterocycles. The maximum atomic E-state index is 14.6. The summed E-state index contributed by atoms with van der Waals surface area (Å²) in [6.07, 6.45) is 6.70. The topological polar surface area (TPSA) is 28.2 Å².